The molecule has 0 saturated heterocycles. The molecule has 1 saturated carbocycles. The minimum atomic E-state index is 0.268. The first-order valence-electron chi connectivity index (χ1n) is 7.77. The van der Waals surface area contributed by atoms with Crippen molar-refractivity contribution < 1.29 is 0 Å². The predicted molar refractivity (Wildman–Crippen MR) is 83.7 cm³/mol. The summed E-state index contributed by atoms with van der Waals surface area (Å²) in [5.41, 5.74) is 2.57. The van der Waals surface area contributed by atoms with Crippen LogP contribution in [-0.4, -0.2) is 16.0 Å². The van der Waals surface area contributed by atoms with Crippen LogP contribution in [-0.2, 0) is 0 Å². The van der Waals surface area contributed by atoms with Crippen LogP contribution in [0, 0.1) is 5.41 Å². The molecule has 108 valence electrons. The number of nitrogens with one attached hydrogen (secondary N) is 2. The fourth-order valence-electron chi connectivity index (χ4n) is 3.36. The van der Waals surface area contributed by atoms with Gasteiger partial charge in [0.1, 0.15) is 5.82 Å². The molecule has 0 amide bonds. The van der Waals surface area contributed by atoms with E-state index in [1.54, 1.807) is 0 Å². The highest BCUT2D eigenvalue weighted by atomic mass is 15.0. The van der Waals surface area contributed by atoms with E-state index in [2.05, 4.69) is 43.2 Å². The Labute approximate surface area is 121 Å². The van der Waals surface area contributed by atoms with Crippen LogP contribution in [0.1, 0.15) is 58.3 Å². The van der Waals surface area contributed by atoms with Gasteiger partial charge in [0.05, 0.1) is 17.1 Å². The van der Waals surface area contributed by atoms with Crippen molar-refractivity contribution in [1.82, 2.24) is 15.3 Å². The SMILES string of the molecule is CC(NC1CCCCC1(C)C)c1nc2ccccc2[nH]1. The summed E-state index contributed by atoms with van der Waals surface area (Å²) in [5, 5.41) is 3.79. The van der Waals surface area contributed by atoms with Crippen molar-refractivity contribution in [3.8, 4) is 0 Å². The monoisotopic (exact) mass is 271 g/mol. The summed E-state index contributed by atoms with van der Waals surface area (Å²) in [4.78, 5) is 8.15. The van der Waals surface area contributed by atoms with Crippen molar-refractivity contribution in [3.05, 3.63) is 30.1 Å². The van der Waals surface area contributed by atoms with E-state index in [0.717, 1.165) is 16.9 Å². The summed E-state index contributed by atoms with van der Waals surface area (Å²) in [6, 6.07) is 9.08. The lowest BCUT2D eigenvalue weighted by Gasteiger charge is -2.40. The maximum Gasteiger partial charge on any atom is 0.124 e. The van der Waals surface area contributed by atoms with Gasteiger partial charge < -0.3 is 10.3 Å². The third-order valence-electron chi connectivity index (χ3n) is 4.78. The van der Waals surface area contributed by atoms with Crippen molar-refractivity contribution >= 4 is 11.0 Å². The van der Waals surface area contributed by atoms with Gasteiger partial charge in [-0.3, -0.25) is 0 Å². The van der Waals surface area contributed by atoms with Crippen LogP contribution >= 0.6 is 0 Å². The van der Waals surface area contributed by atoms with E-state index in [0.29, 0.717) is 11.5 Å². The third-order valence-corrected chi connectivity index (χ3v) is 4.78. The Hall–Kier alpha value is -1.35. The van der Waals surface area contributed by atoms with Gasteiger partial charge in [-0.2, -0.15) is 0 Å². The molecule has 1 aliphatic carbocycles. The summed E-state index contributed by atoms with van der Waals surface area (Å²) < 4.78 is 0. The van der Waals surface area contributed by atoms with Gasteiger partial charge in [0.25, 0.3) is 0 Å². The molecule has 0 aliphatic heterocycles. The molecule has 1 aliphatic rings. The molecular formula is C17H25N3. The number of aromatic nitrogens is 2. The van der Waals surface area contributed by atoms with Crippen LogP contribution in [0.2, 0.25) is 0 Å². The zero-order chi connectivity index (χ0) is 14.2. The van der Waals surface area contributed by atoms with E-state index in [-0.39, 0.29) is 6.04 Å². The number of hydrogen-bond donors (Lipinski definition) is 2. The van der Waals surface area contributed by atoms with Crippen LogP contribution in [0.25, 0.3) is 11.0 Å². The summed E-state index contributed by atoms with van der Waals surface area (Å²) in [6.07, 6.45) is 5.30. The highest BCUT2D eigenvalue weighted by molar-refractivity contribution is 5.74. The maximum absolute atomic E-state index is 4.71. The fraction of sp³-hybridized carbons (Fsp3) is 0.588. The Balaban J connectivity index is 1.76. The molecule has 2 aromatic rings. The van der Waals surface area contributed by atoms with E-state index in [4.69, 9.17) is 4.98 Å². The quantitative estimate of drug-likeness (QED) is 0.879. The maximum atomic E-state index is 4.71. The van der Waals surface area contributed by atoms with E-state index < -0.39 is 0 Å². The molecule has 20 heavy (non-hydrogen) atoms. The highest BCUT2D eigenvalue weighted by Crippen LogP contribution is 2.36. The molecule has 0 bridgehead atoms. The molecular weight excluding hydrogens is 246 g/mol. The Morgan fingerprint density at radius 1 is 1.30 bits per heavy atom. The van der Waals surface area contributed by atoms with E-state index >= 15 is 0 Å². The van der Waals surface area contributed by atoms with Gasteiger partial charge in [0.15, 0.2) is 0 Å². The summed E-state index contributed by atoms with van der Waals surface area (Å²) in [6.45, 7) is 6.98. The second-order valence-corrected chi connectivity index (χ2v) is 6.81. The number of nitrogens with zero attached hydrogens (tertiary/aromatic N) is 1. The first kappa shape index (κ1) is 13.6. The number of benzene rings is 1. The van der Waals surface area contributed by atoms with Crippen molar-refractivity contribution in [2.45, 2.75) is 58.5 Å². The molecule has 1 fully saturated rings. The Kier molecular flexibility index (Phi) is 3.55. The van der Waals surface area contributed by atoms with Gasteiger partial charge >= 0.3 is 0 Å². The molecule has 1 heterocycles. The van der Waals surface area contributed by atoms with E-state index in [9.17, 15) is 0 Å². The van der Waals surface area contributed by atoms with Crippen molar-refractivity contribution in [1.29, 1.82) is 0 Å². The molecule has 0 spiro atoms. The van der Waals surface area contributed by atoms with Crippen molar-refractivity contribution in [2.75, 3.05) is 0 Å². The van der Waals surface area contributed by atoms with Gasteiger partial charge in [-0.1, -0.05) is 38.8 Å². The molecule has 3 rings (SSSR count). The highest BCUT2D eigenvalue weighted by Gasteiger charge is 2.33. The van der Waals surface area contributed by atoms with Gasteiger partial charge in [-0.25, -0.2) is 4.98 Å². The van der Waals surface area contributed by atoms with Crippen LogP contribution in [0.4, 0.5) is 0 Å². The van der Waals surface area contributed by atoms with Gasteiger partial charge in [-0.15, -0.1) is 0 Å². The predicted octanol–water partition coefficient (Wildman–Crippen LogP) is 4.18. The number of imidazole rings is 1. The Bertz CT molecular complexity index is 552. The Morgan fingerprint density at radius 2 is 2.10 bits per heavy atom. The van der Waals surface area contributed by atoms with Crippen molar-refractivity contribution in [2.24, 2.45) is 5.41 Å². The van der Waals surface area contributed by atoms with E-state index in [1.165, 1.54) is 25.7 Å². The summed E-state index contributed by atoms with van der Waals surface area (Å²) >= 11 is 0. The number of hydrogen-bond acceptors (Lipinski definition) is 2. The first-order valence-corrected chi connectivity index (χ1v) is 7.77. The second-order valence-electron chi connectivity index (χ2n) is 6.81. The fourth-order valence-corrected chi connectivity index (χ4v) is 3.36. The summed E-state index contributed by atoms with van der Waals surface area (Å²) in [5.74, 6) is 1.05. The van der Waals surface area contributed by atoms with E-state index in [1.807, 2.05) is 12.1 Å². The summed E-state index contributed by atoms with van der Waals surface area (Å²) in [7, 11) is 0. The van der Waals surface area contributed by atoms with Crippen molar-refractivity contribution in [3.63, 3.8) is 0 Å². The standard InChI is InChI=1S/C17H25N3/c1-12(18-15-10-6-7-11-17(15,2)3)16-19-13-8-4-5-9-14(13)20-16/h4-5,8-9,12,15,18H,6-7,10-11H2,1-3H3,(H,19,20). The number of para-hydroxylation sites is 2. The zero-order valence-electron chi connectivity index (χ0n) is 12.7. The lowest BCUT2D eigenvalue weighted by atomic mass is 9.73. The number of H-pyrrole nitrogens is 1. The molecule has 2 N–H and O–H groups in total. The average molecular weight is 271 g/mol. The molecule has 3 heteroatoms. The molecule has 1 aromatic carbocycles. The lowest BCUT2D eigenvalue weighted by molar-refractivity contribution is 0.156. The smallest absolute Gasteiger partial charge is 0.124 e. The minimum Gasteiger partial charge on any atom is -0.341 e. The van der Waals surface area contributed by atoms with Gasteiger partial charge in [0, 0.05) is 6.04 Å². The molecule has 0 radical (unpaired) electrons. The minimum absolute atomic E-state index is 0.268. The zero-order valence-corrected chi connectivity index (χ0v) is 12.7. The number of aromatic amines is 1. The third kappa shape index (κ3) is 2.59. The first-order chi connectivity index (χ1) is 9.56. The van der Waals surface area contributed by atoms with Crippen LogP contribution in [0.5, 0.6) is 0 Å². The topological polar surface area (TPSA) is 40.7 Å². The normalized spacial score (nSPS) is 23.9. The molecule has 2 unspecified atom stereocenters. The molecule has 3 nitrogen and oxygen atoms in total. The number of rotatable bonds is 3. The Morgan fingerprint density at radius 3 is 2.85 bits per heavy atom. The lowest BCUT2D eigenvalue weighted by Crippen LogP contribution is -2.45. The largest absolute Gasteiger partial charge is 0.341 e. The van der Waals surface area contributed by atoms with Gasteiger partial charge in [0.2, 0.25) is 0 Å². The van der Waals surface area contributed by atoms with Gasteiger partial charge in [-0.05, 0) is 37.3 Å². The molecule has 1 aromatic heterocycles. The van der Waals surface area contributed by atoms with Crippen LogP contribution in [0.3, 0.4) is 0 Å². The number of fused-ring (bicyclic) bond motifs is 1. The van der Waals surface area contributed by atoms with Crippen LogP contribution < -0.4 is 5.32 Å². The molecule has 2 atom stereocenters. The van der Waals surface area contributed by atoms with Crippen LogP contribution in [0.15, 0.2) is 24.3 Å². The second kappa shape index (κ2) is 5.21. The average Bonchev–Trinajstić information content (AvgIpc) is 2.85.